The summed E-state index contributed by atoms with van der Waals surface area (Å²) in [6.07, 6.45) is 0. The van der Waals surface area contributed by atoms with E-state index in [0.29, 0.717) is 12.4 Å². The van der Waals surface area contributed by atoms with E-state index in [1.807, 2.05) is 13.0 Å². The second kappa shape index (κ2) is 9.30. The highest BCUT2D eigenvalue weighted by Gasteiger charge is 2.27. The number of hydrogen-bond acceptors (Lipinski definition) is 3. The lowest BCUT2D eigenvalue weighted by atomic mass is 9.78. The standard InChI is InChI=1S/C26H39NO3/c1-10-30-22-12-11-18(15-23(22)29-9)16-27(8)17-19-13-20(25(2,3)4)24(28)21(14-19)26(5,6)7/h11-15,28H,10,16-17H2,1-9H3/p+1. The van der Waals surface area contributed by atoms with Crippen LogP contribution in [0.4, 0.5) is 0 Å². The second-order valence-electron chi connectivity index (χ2n) is 10.3. The number of methoxy groups -OCH3 is 1. The zero-order valence-corrected chi connectivity index (χ0v) is 20.3. The van der Waals surface area contributed by atoms with E-state index in [1.54, 1.807) is 7.11 Å². The molecule has 0 heterocycles. The summed E-state index contributed by atoms with van der Waals surface area (Å²) in [6, 6.07) is 10.5. The van der Waals surface area contributed by atoms with Gasteiger partial charge < -0.3 is 19.5 Å². The Morgan fingerprint density at radius 2 is 1.37 bits per heavy atom. The quantitative estimate of drug-likeness (QED) is 0.695. The minimum atomic E-state index is -0.115. The van der Waals surface area contributed by atoms with Gasteiger partial charge in [-0.2, -0.15) is 0 Å². The molecular weight excluding hydrogens is 374 g/mol. The van der Waals surface area contributed by atoms with Gasteiger partial charge in [-0.15, -0.1) is 0 Å². The van der Waals surface area contributed by atoms with E-state index in [4.69, 9.17) is 9.47 Å². The fourth-order valence-corrected chi connectivity index (χ4v) is 3.80. The van der Waals surface area contributed by atoms with Gasteiger partial charge >= 0.3 is 0 Å². The summed E-state index contributed by atoms with van der Waals surface area (Å²) in [5.41, 5.74) is 4.25. The summed E-state index contributed by atoms with van der Waals surface area (Å²) in [5.74, 6) is 1.99. The number of rotatable bonds is 7. The molecule has 0 saturated heterocycles. The smallest absolute Gasteiger partial charge is 0.161 e. The predicted octanol–water partition coefficient (Wildman–Crippen LogP) is 4.61. The van der Waals surface area contributed by atoms with Gasteiger partial charge in [0, 0.05) is 22.3 Å². The first-order valence-electron chi connectivity index (χ1n) is 10.8. The van der Waals surface area contributed by atoms with E-state index in [-0.39, 0.29) is 10.8 Å². The van der Waals surface area contributed by atoms with Crippen molar-refractivity contribution in [3.8, 4) is 17.2 Å². The highest BCUT2D eigenvalue weighted by molar-refractivity contribution is 5.49. The summed E-state index contributed by atoms with van der Waals surface area (Å²) in [4.78, 5) is 1.37. The Labute approximate surface area is 182 Å². The molecule has 2 aromatic carbocycles. The normalized spacial score (nSPS) is 13.2. The average molecular weight is 415 g/mol. The molecule has 0 aliphatic heterocycles. The van der Waals surface area contributed by atoms with Crippen molar-refractivity contribution in [2.75, 3.05) is 20.8 Å². The molecule has 0 aliphatic rings. The molecule has 0 aliphatic carbocycles. The Balaban J connectivity index is 2.29. The van der Waals surface area contributed by atoms with Crippen molar-refractivity contribution in [3.63, 3.8) is 0 Å². The molecule has 4 nitrogen and oxygen atoms in total. The van der Waals surface area contributed by atoms with E-state index in [2.05, 4.69) is 72.9 Å². The molecule has 2 aromatic rings. The van der Waals surface area contributed by atoms with Crippen LogP contribution in [0.5, 0.6) is 17.2 Å². The first-order chi connectivity index (χ1) is 13.9. The molecule has 2 rings (SSSR count). The maximum atomic E-state index is 10.9. The number of phenolic OH excluding ortho intramolecular Hbond substituents is 1. The van der Waals surface area contributed by atoms with E-state index in [1.165, 1.54) is 16.0 Å². The van der Waals surface area contributed by atoms with Crippen LogP contribution < -0.4 is 14.4 Å². The molecule has 0 bridgehead atoms. The largest absolute Gasteiger partial charge is 0.507 e. The van der Waals surface area contributed by atoms with Gasteiger partial charge in [0.15, 0.2) is 11.5 Å². The van der Waals surface area contributed by atoms with Crippen LogP contribution in [0.3, 0.4) is 0 Å². The molecule has 2 N–H and O–H groups in total. The van der Waals surface area contributed by atoms with Crippen molar-refractivity contribution in [3.05, 3.63) is 52.6 Å². The Morgan fingerprint density at radius 3 is 1.83 bits per heavy atom. The zero-order valence-electron chi connectivity index (χ0n) is 20.3. The van der Waals surface area contributed by atoms with Crippen LogP contribution in [0, 0.1) is 0 Å². The van der Waals surface area contributed by atoms with Gasteiger partial charge in [0.1, 0.15) is 18.8 Å². The predicted molar refractivity (Wildman–Crippen MR) is 124 cm³/mol. The highest BCUT2D eigenvalue weighted by Crippen LogP contribution is 2.39. The number of aromatic hydroxyl groups is 1. The summed E-state index contributed by atoms with van der Waals surface area (Å²) in [6.45, 7) is 17.3. The van der Waals surface area contributed by atoms with Crippen molar-refractivity contribution >= 4 is 0 Å². The van der Waals surface area contributed by atoms with Gasteiger partial charge in [-0.05, 0) is 48.1 Å². The van der Waals surface area contributed by atoms with Crippen molar-refractivity contribution in [2.45, 2.75) is 72.4 Å². The van der Waals surface area contributed by atoms with Gasteiger partial charge in [0.05, 0.1) is 20.8 Å². The van der Waals surface area contributed by atoms with E-state index in [9.17, 15) is 5.11 Å². The number of benzene rings is 2. The van der Waals surface area contributed by atoms with Gasteiger partial charge in [-0.25, -0.2) is 0 Å². The molecule has 1 unspecified atom stereocenters. The Kier molecular flexibility index (Phi) is 7.46. The van der Waals surface area contributed by atoms with Crippen LogP contribution in [-0.4, -0.2) is 25.9 Å². The van der Waals surface area contributed by atoms with E-state index >= 15 is 0 Å². The molecule has 0 fully saturated rings. The van der Waals surface area contributed by atoms with Crippen LogP contribution in [0.15, 0.2) is 30.3 Å². The van der Waals surface area contributed by atoms with Gasteiger partial charge in [-0.1, -0.05) is 41.5 Å². The molecule has 0 spiro atoms. The SMILES string of the molecule is CCOc1ccc(C[NH+](C)Cc2cc(C(C)(C)C)c(O)c(C(C)(C)C)c2)cc1OC. The fraction of sp³-hybridized carbons (Fsp3) is 0.538. The second-order valence-corrected chi connectivity index (χ2v) is 10.3. The molecular formula is C26H40NO3+. The Hall–Kier alpha value is -2.20. The topological polar surface area (TPSA) is 43.1 Å². The molecule has 4 heteroatoms. The van der Waals surface area contributed by atoms with Gasteiger partial charge in [-0.3, -0.25) is 0 Å². The highest BCUT2D eigenvalue weighted by atomic mass is 16.5. The molecule has 0 radical (unpaired) electrons. The van der Waals surface area contributed by atoms with Crippen molar-refractivity contribution in [1.82, 2.24) is 0 Å². The van der Waals surface area contributed by atoms with E-state index < -0.39 is 0 Å². The molecule has 0 saturated carbocycles. The fourth-order valence-electron chi connectivity index (χ4n) is 3.80. The third-order valence-electron chi connectivity index (χ3n) is 5.33. The maximum Gasteiger partial charge on any atom is 0.161 e. The average Bonchev–Trinajstić information content (AvgIpc) is 2.62. The molecule has 0 amide bonds. The van der Waals surface area contributed by atoms with Gasteiger partial charge in [0.2, 0.25) is 0 Å². The van der Waals surface area contributed by atoms with Crippen LogP contribution >= 0.6 is 0 Å². The third-order valence-corrected chi connectivity index (χ3v) is 5.33. The molecule has 30 heavy (non-hydrogen) atoms. The molecule has 0 aromatic heterocycles. The third kappa shape index (κ3) is 5.91. The van der Waals surface area contributed by atoms with Crippen molar-refractivity contribution < 1.29 is 19.5 Å². The van der Waals surface area contributed by atoms with Crippen LogP contribution in [-0.2, 0) is 23.9 Å². The zero-order chi connectivity index (χ0) is 22.7. The summed E-state index contributed by atoms with van der Waals surface area (Å²) in [7, 11) is 3.88. The minimum absolute atomic E-state index is 0.115. The number of phenols is 1. The molecule has 1 atom stereocenters. The Morgan fingerprint density at radius 1 is 0.833 bits per heavy atom. The van der Waals surface area contributed by atoms with E-state index in [0.717, 1.165) is 35.7 Å². The minimum Gasteiger partial charge on any atom is -0.507 e. The lowest BCUT2D eigenvalue weighted by Crippen LogP contribution is -3.06. The van der Waals surface area contributed by atoms with Crippen LogP contribution in [0.1, 0.15) is 70.7 Å². The molecule has 166 valence electrons. The van der Waals surface area contributed by atoms with Gasteiger partial charge in [0.25, 0.3) is 0 Å². The lowest BCUT2D eigenvalue weighted by Gasteiger charge is -2.28. The summed E-state index contributed by atoms with van der Waals surface area (Å²) >= 11 is 0. The van der Waals surface area contributed by atoms with Crippen LogP contribution in [0.25, 0.3) is 0 Å². The van der Waals surface area contributed by atoms with Crippen molar-refractivity contribution in [2.24, 2.45) is 0 Å². The number of nitrogens with one attached hydrogen (secondary N) is 1. The number of hydrogen-bond donors (Lipinski definition) is 2. The summed E-state index contributed by atoms with van der Waals surface area (Å²) in [5, 5.41) is 10.9. The maximum absolute atomic E-state index is 10.9. The Bertz CT molecular complexity index is 825. The van der Waals surface area contributed by atoms with Crippen LogP contribution in [0.2, 0.25) is 0 Å². The number of ether oxygens (including phenoxy) is 2. The first-order valence-corrected chi connectivity index (χ1v) is 10.8. The van der Waals surface area contributed by atoms with Crippen molar-refractivity contribution in [1.29, 1.82) is 0 Å². The monoisotopic (exact) mass is 414 g/mol. The number of quaternary nitrogens is 1. The first kappa shape index (κ1) is 24.1. The summed E-state index contributed by atoms with van der Waals surface area (Å²) < 4.78 is 11.1. The lowest BCUT2D eigenvalue weighted by molar-refractivity contribution is -0.907.